The molecule has 0 atom stereocenters. The highest BCUT2D eigenvalue weighted by Gasteiger charge is 2.12. The highest BCUT2D eigenvalue weighted by molar-refractivity contribution is 5.68. The summed E-state index contributed by atoms with van der Waals surface area (Å²) in [6.45, 7) is 1.87. The predicted molar refractivity (Wildman–Crippen MR) is 64.4 cm³/mol. The Morgan fingerprint density at radius 3 is 2.35 bits per heavy atom. The zero-order valence-corrected chi connectivity index (χ0v) is 9.54. The van der Waals surface area contributed by atoms with Gasteiger partial charge >= 0.3 is 0 Å². The van der Waals surface area contributed by atoms with Gasteiger partial charge in [0.2, 0.25) is 0 Å². The number of nitro benzene ring substituents is 1. The lowest BCUT2D eigenvalue weighted by Gasteiger charge is -1.98. The monoisotopic (exact) mass is 232 g/mol. The van der Waals surface area contributed by atoms with Gasteiger partial charge in [-0.1, -0.05) is 0 Å². The smallest absolute Gasteiger partial charge is 0.269 e. The van der Waals surface area contributed by atoms with E-state index < -0.39 is 4.92 Å². The lowest BCUT2D eigenvalue weighted by Crippen LogP contribution is -1.97. The molecular weight excluding hydrogens is 220 g/mol. The number of nitrogen functional groups attached to an aromatic ring is 1. The molecular formula is C11H12N4O2. The average molecular weight is 232 g/mol. The van der Waals surface area contributed by atoms with Crippen LogP contribution in [0, 0.1) is 17.0 Å². The molecule has 0 unspecified atom stereocenters. The Balaban J connectivity index is 2.47. The number of aryl methyl sites for hydroxylation is 1. The minimum atomic E-state index is -0.427. The fourth-order valence-electron chi connectivity index (χ4n) is 1.66. The Morgan fingerprint density at radius 1 is 1.35 bits per heavy atom. The van der Waals surface area contributed by atoms with Crippen molar-refractivity contribution in [2.45, 2.75) is 6.92 Å². The van der Waals surface area contributed by atoms with Gasteiger partial charge in [0.15, 0.2) is 0 Å². The molecule has 17 heavy (non-hydrogen) atoms. The number of anilines is 1. The predicted octanol–water partition coefficient (Wildman–Crippen LogP) is 1.89. The van der Waals surface area contributed by atoms with E-state index in [1.54, 1.807) is 23.9 Å². The molecule has 2 rings (SSSR count). The van der Waals surface area contributed by atoms with Crippen LogP contribution in [0.15, 0.2) is 24.3 Å². The Bertz CT molecular complexity index is 572. The maximum atomic E-state index is 10.5. The molecule has 0 amide bonds. The summed E-state index contributed by atoms with van der Waals surface area (Å²) in [5.74, 6) is 0.596. The molecule has 88 valence electrons. The summed E-state index contributed by atoms with van der Waals surface area (Å²) in [4.78, 5) is 10.1. The van der Waals surface area contributed by atoms with Crippen LogP contribution >= 0.6 is 0 Å². The molecule has 0 saturated carbocycles. The maximum absolute atomic E-state index is 10.5. The molecule has 2 aromatic rings. The molecule has 0 bridgehead atoms. The molecule has 0 radical (unpaired) electrons. The lowest BCUT2D eigenvalue weighted by molar-refractivity contribution is -0.384. The lowest BCUT2D eigenvalue weighted by atomic mass is 10.1. The highest BCUT2D eigenvalue weighted by atomic mass is 16.6. The largest absolute Gasteiger partial charge is 0.384 e. The molecule has 0 aliphatic heterocycles. The van der Waals surface area contributed by atoms with Crippen LogP contribution in [0.3, 0.4) is 0 Å². The summed E-state index contributed by atoms with van der Waals surface area (Å²) < 4.78 is 1.59. The molecule has 0 saturated heterocycles. The Morgan fingerprint density at radius 2 is 1.94 bits per heavy atom. The summed E-state index contributed by atoms with van der Waals surface area (Å²) in [5, 5.41) is 14.8. The van der Waals surface area contributed by atoms with Gasteiger partial charge in [-0.25, -0.2) is 0 Å². The van der Waals surface area contributed by atoms with E-state index in [0.717, 1.165) is 16.8 Å². The number of benzene rings is 1. The number of rotatable bonds is 2. The number of nitrogens with two attached hydrogens (primary N) is 1. The maximum Gasteiger partial charge on any atom is 0.269 e. The molecule has 1 aromatic heterocycles. The van der Waals surface area contributed by atoms with Crippen LogP contribution in [0.5, 0.6) is 0 Å². The van der Waals surface area contributed by atoms with Gasteiger partial charge in [0, 0.05) is 30.3 Å². The minimum Gasteiger partial charge on any atom is -0.384 e. The summed E-state index contributed by atoms with van der Waals surface area (Å²) in [6, 6.07) is 6.26. The van der Waals surface area contributed by atoms with Crippen LogP contribution in [0.25, 0.3) is 11.3 Å². The van der Waals surface area contributed by atoms with E-state index in [1.807, 2.05) is 6.92 Å². The fourth-order valence-corrected chi connectivity index (χ4v) is 1.66. The van der Waals surface area contributed by atoms with Crippen LogP contribution in [0.2, 0.25) is 0 Å². The van der Waals surface area contributed by atoms with Crippen molar-refractivity contribution < 1.29 is 4.92 Å². The molecule has 0 aliphatic carbocycles. The number of nitro groups is 1. The number of hydrogen-bond acceptors (Lipinski definition) is 4. The van der Waals surface area contributed by atoms with Crippen LogP contribution in [-0.2, 0) is 7.05 Å². The van der Waals surface area contributed by atoms with Crippen molar-refractivity contribution in [1.29, 1.82) is 0 Å². The van der Waals surface area contributed by atoms with Crippen LogP contribution in [-0.4, -0.2) is 14.7 Å². The third-order valence-corrected chi connectivity index (χ3v) is 2.69. The molecule has 1 aromatic carbocycles. The SMILES string of the molecule is Cc1c(-c2ccc([N+](=O)[O-])cc2)nn(C)c1N. The number of non-ortho nitro benzene ring substituents is 1. The Hall–Kier alpha value is -2.37. The molecule has 1 heterocycles. The standard InChI is InChI=1S/C11H12N4O2/c1-7-10(13-14(2)11(7)12)8-3-5-9(6-4-8)15(16)17/h3-6H,12H2,1-2H3. The average Bonchev–Trinajstić information content (AvgIpc) is 2.57. The van der Waals surface area contributed by atoms with Gasteiger partial charge in [0.05, 0.1) is 10.6 Å². The number of nitrogens with zero attached hydrogens (tertiary/aromatic N) is 3. The van der Waals surface area contributed by atoms with Gasteiger partial charge in [-0.3, -0.25) is 14.8 Å². The number of aromatic nitrogens is 2. The fraction of sp³-hybridized carbons (Fsp3) is 0.182. The van der Waals surface area contributed by atoms with E-state index in [-0.39, 0.29) is 5.69 Å². The normalized spacial score (nSPS) is 10.5. The Kier molecular flexibility index (Phi) is 2.55. The first-order valence-electron chi connectivity index (χ1n) is 5.04. The molecule has 0 spiro atoms. The van der Waals surface area contributed by atoms with E-state index in [9.17, 15) is 10.1 Å². The zero-order valence-electron chi connectivity index (χ0n) is 9.54. The van der Waals surface area contributed by atoms with Gasteiger partial charge in [-0.05, 0) is 19.1 Å². The van der Waals surface area contributed by atoms with Gasteiger partial charge in [-0.15, -0.1) is 0 Å². The topological polar surface area (TPSA) is 87.0 Å². The van der Waals surface area contributed by atoms with E-state index in [1.165, 1.54) is 12.1 Å². The first-order valence-corrected chi connectivity index (χ1v) is 5.04. The van der Waals surface area contributed by atoms with Crippen LogP contribution < -0.4 is 5.73 Å². The summed E-state index contributed by atoms with van der Waals surface area (Å²) in [5.41, 5.74) is 8.32. The Labute approximate surface area is 97.8 Å². The molecule has 6 nitrogen and oxygen atoms in total. The van der Waals surface area contributed by atoms with E-state index in [4.69, 9.17) is 5.73 Å². The summed E-state index contributed by atoms with van der Waals surface area (Å²) in [7, 11) is 1.76. The second-order valence-electron chi connectivity index (χ2n) is 3.79. The highest BCUT2D eigenvalue weighted by Crippen LogP contribution is 2.27. The first-order chi connectivity index (χ1) is 8.00. The summed E-state index contributed by atoms with van der Waals surface area (Å²) >= 11 is 0. The molecule has 0 aliphatic rings. The van der Waals surface area contributed by atoms with Crippen molar-refractivity contribution in [2.75, 3.05) is 5.73 Å². The van der Waals surface area contributed by atoms with Crippen LogP contribution in [0.4, 0.5) is 11.5 Å². The van der Waals surface area contributed by atoms with E-state index >= 15 is 0 Å². The third kappa shape index (κ3) is 1.84. The third-order valence-electron chi connectivity index (χ3n) is 2.69. The van der Waals surface area contributed by atoms with Gasteiger partial charge in [0.25, 0.3) is 5.69 Å². The van der Waals surface area contributed by atoms with Crippen molar-refractivity contribution in [3.63, 3.8) is 0 Å². The van der Waals surface area contributed by atoms with Gasteiger partial charge in [0.1, 0.15) is 5.82 Å². The van der Waals surface area contributed by atoms with E-state index in [2.05, 4.69) is 5.10 Å². The van der Waals surface area contributed by atoms with Crippen molar-refractivity contribution in [1.82, 2.24) is 9.78 Å². The van der Waals surface area contributed by atoms with Gasteiger partial charge in [-0.2, -0.15) is 5.10 Å². The molecule has 0 fully saturated rings. The minimum absolute atomic E-state index is 0.0651. The van der Waals surface area contributed by atoms with Crippen LogP contribution in [0.1, 0.15) is 5.56 Å². The second-order valence-corrected chi connectivity index (χ2v) is 3.79. The van der Waals surface area contributed by atoms with Crippen molar-refractivity contribution in [2.24, 2.45) is 7.05 Å². The number of hydrogen-bond donors (Lipinski definition) is 1. The van der Waals surface area contributed by atoms with Crippen molar-refractivity contribution in [3.05, 3.63) is 39.9 Å². The second kappa shape index (κ2) is 3.89. The van der Waals surface area contributed by atoms with Crippen molar-refractivity contribution >= 4 is 11.5 Å². The van der Waals surface area contributed by atoms with Crippen molar-refractivity contribution in [3.8, 4) is 11.3 Å². The van der Waals surface area contributed by atoms with Gasteiger partial charge < -0.3 is 5.73 Å². The molecule has 2 N–H and O–H groups in total. The summed E-state index contributed by atoms with van der Waals surface area (Å²) in [6.07, 6.45) is 0. The first kappa shape index (κ1) is 11.1. The zero-order chi connectivity index (χ0) is 12.6. The molecule has 6 heteroatoms. The van der Waals surface area contributed by atoms with E-state index in [0.29, 0.717) is 5.82 Å². The quantitative estimate of drug-likeness (QED) is 0.632.